The molecule has 2 aliphatic heterocycles. The summed E-state index contributed by atoms with van der Waals surface area (Å²) >= 11 is 1.69. The molecule has 1 aromatic carbocycles. The van der Waals surface area contributed by atoms with Crippen molar-refractivity contribution in [2.45, 2.75) is 13.5 Å². The van der Waals surface area contributed by atoms with Crippen molar-refractivity contribution in [3.63, 3.8) is 0 Å². The van der Waals surface area contributed by atoms with Crippen LogP contribution in [0.15, 0.2) is 35.7 Å². The number of hydrogen-bond donors (Lipinski definition) is 0. The number of aromatic nitrogens is 1. The Labute approximate surface area is 134 Å². The van der Waals surface area contributed by atoms with E-state index in [1.165, 1.54) is 0 Å². The molecule has 0 aliphatic carbocycles. The Bertz CT molecular complexity index is 684. The van der Waals surface area contributed by atoms with Crippen LogP contribution >= 0.6 is 11.3 Å². The summed E-state index contributed by atoms with van der Waals surface area (Å²) in [5.41, 5.74) is 2.17. The van der Waals surface area contributed by atoms with E-state index >= 15 is 0 Å². The van der Waals surface area contributed by atoms with Gasteiger partial charge in [0.1, 0.15) is 0 Å². The summed E-state index contributed by atoms with van der Waals surface area (Å²) in [5, 5.41) is 3.24. The number of nitrogens with zero attached hydrogens (tertiary/aromatic N) is 3. The molecule has 114 valence electrons. The molecule has 0 N–H and O–H groups in total. The lowest BCUT2D eigenvalue weighted by molar-refractivity contribution is -0.120. The van der Waals surface area contributed by atoms with Gasteiger partial charge >= 0.3 is 0 Å². The summed E-state index contributed by atoms with van der Waals surface area (Å²) in [7, 11) is 0. The zero-order valence-electron chi connectivity index (χ0n) is 12.6. The number of aryl methyl sites for hydroxylation is 1. The molecule has 5 heteroatoms. The summed E-state index contributed by atoms with van der Waals surface area (Å²) in [6, 6.07) is 10.0. The van der Waals surface area contributed by atoms with Gasteiger partial charge in [0.2, 0.25) is 5.91 Å². The summed E-state index contributed by atoms with van der Waals surface area (Å²) in [6.07, 6.45) is 0. The number of para-hydroxylation sites is 1. The van der Waals surface area contributed by atoms with Gasteiger partial charge in [0, 0.05) is 43.2 Å². The molecule has 0 spiro atoms. The molecule has 2 atom stereocenters. The van der Waals surface area contributed by atoms with Crippen molar-refractivity contribution >= 4 is 22.9 Å². The second-order valence-electron chi connectivity index (χ2n) is 6.20. The Morgan fingerprint density at radius 3 is 2.73 bits per heavy atom. The zero-order chi connectivity index (χ0) is 15.1. The first kappa shape index (κ1) is 13.9. The highest BCUT2D eigenvalue weighted by molar-refractivity contribution is 7.09. The Morgan fingerprint density at radius 1 is 1.23 bits per heavy atom. The third-order valence-electron chi connectivity index (χ3n) is 4.64. The van der Waals surface area contributed by atoms with E-state index in [0.29, 0.717) is 5.92 Å². The van der Waals surface area contributed by atoms with E-state index in [9.17, 15) is 4.79 Å². The number of hydrogen-bond acceptors (Lipinski definition) is 4. The van der Waals surface area contributed by atoms with Crippen LogP contribution < -0.4 is 4.90 Å². The van der Waals surface area contributed by atoms with Gasteiger partial charge in [0.15, 0.2) is 0 Å². The molecular weight excluding hydrogens is 294 g/mol. The molecule has 0 radical (unpaired) electrons. The topological polar surface area (TPSA) is 36.4 Å². The van der Waals surface area contributed by atoms with Gasteiger partial charge < -0.3 is 4.90 Å². The fraction of sp³-hybridized carbons (Fsp3) is 0.412. The summed E-state index contributed by atoms with van der Waals surface area (Å²) < 4.78 is 0. The zero-order valence-corrected chi connectivity index (χ0v) is 13.4. The van der Waals surface area contributed by atoms with Crippen LogP contribution in [0.25, 0.3) is 0 Å². The number of carbonyl (C=O) groups excluding carboxylic acids is 1. The molecule has 4 nitrogen and oxygen atoms in total. The summed E-state index contributed by atoms with van der Waals surface area (Å²) in [6.45, 7) is 5.62. The monoisotopic (exact) mass is 313 g/mol. The van der Waals surface area contributed by atoms with Crippen LogP contribution in [0.2, 0.25) is 0 Å². The van der Waals surface area contributed by atoms with Gasteiger partial charge in [0.25, 0.3) is 0 Å². The molecule has 2 unspecified atom stereocenters. The maximum atomic E-state index is 12.7. The van der Waals surface area contributed by atoms with Crippen LogP contribution in [0.1, 0.15) is 10.7 Å². The Balaban J connectivity index is 1.44. The SMILES string of the molecule is Cc1nc(CN2CC3CN(c4ccccc4)C(=O)C3C2)cs1. The first-order valence-electron chi connectivity index (χ1n) is 7.70. The van der Waals surface area contributed by atoms with Crippen molar-refractivity contribution in [3.8, 4) is 0 Å². The van der Waals surface area contributed by atoms with E-state index in [1.807, 2.05) is 42.2 Å². The molecule has 2 aliphatic rings. The van der Waals surface area contributed by atoms with Crippen molar-refractivity contribution in [2.75, 3.05) is 24.5 Å². The maximum absolute atomic E-state index is 12.7. The number of fused-ring (bicyclic) bond motifs is 1. The summed E-state index contributed by atoms with van der Waals surface area (Å²) in [5.74, 6) is 0.889. The Morgan fingerprint density at radius 2 is 2.05 bits per heavy atom. The predicted molar refractivity (Wildman–Crippen MR) is 87.9 cm³/mol. The minimum atomic E-state index is 0.153. The molecule has 2 saturated heterocycles. The Hall–Kier alpha value is -1.72. The molecular formula is C17H19N3OS. The van der Waals surface area contributed by atoms with E-state index in [1.54, 1.807) is 11.3 Å². The minimum Gasteiger partial charge on any atom is -0.312 e. The Kier molecular flexibility index (Phi) is 3.47. The van der Waals surface area contributed by atoms with Gasteiger partial charge in [-0.25, -0.2) is 4.98 Å². The van der Waals surface area contributed by atoms with Gasteiger partial charge in [-0.3, -0.25) is 9.69 Å². The molecule has 1 amide bonds. The number of benzene rings is 1. The molecule has 3 heterocycles. The van der Waals surface area contributed by atoms with Crippen LogP contribution in [0.5, 0.6) is 0 Å². The van der Waals surface area contributed by atoms with Crippen LogP contribution in [0.3, 0.4) is 0 Å². The largest absolute Gasteiger partial charge is 0.312 e. The number of thiazole rings is 1. The standard InChI is InChI=1S/C17H19N3OS/c1-12-18-14(11-22-12)9-19-7-13-8-20(17(21)16(13)10-19)15-5-3-2-4-6-15/h2-6,11,13,16H,7-10H2,1H3. The molecule has 2 fully saturated rings. The maximum Gasteiger partial charge on any atom is 0.231 e. The lowest BCUT2D eigenvalue weighted by Gasteiger charge is -2.21. The number of anilines is 1. The number of rotatable bonds is 3. The number of carbonyl (C=O) groups is 1. The molecule has 0 bridgehead atoms. The second kappa shape index (κ2) is 5.48. The van der Waals surface area contributed by atoms with Crippen LogP contribution in [-0.2, 0) is 11.3 Å². The van der Waals surface area contributed by atoms with E-state index in [-0.39, 0.29) is 11.8 Å². The number of amides is 1. The molecule has 1 aromatic heterocycles. The summed E-state index contributed by atoms with van der Waals surface area (Å²) in [4.78, 5) is 21.5. The van der Waals surface area contributed by atoms with Gasteiger partial charge in [-0.2, -0.15) is 0 Å². The highest BCUT2D eigenvalue weighted by Crippen LogP contribution is 2.35. The lowest BCUT2D eigenvalue weighted by Crippen LogP contribution is -2.32. The van der Waals surface area contributed by atoms with Crippen molar-refractivity contribution in [2.24, 2.45) is 11.8 Å². The van der Waals surface area contributed by atoms with E-state index in [4.69, 9.17) is 0 Å². The van der Waals surface area contributed by atoms with Gasteiger partial charge in [0.05, 0.1) is 16.6 Å². The van der Waals surface area contributed by atoms with Gasteiger partial charge in [-0.05, 0) is 19.1 Å². The average Bonchev–Trinajstić information content (AvgIpc) is 3.18. The third-order valence-corrected chi connectivity index (χ3v) is 5.46. The highest BCUT2D eigenvalue weighted by atomic mass is 32.1. The van der Waals surface area contributed by atoms with Crippen molar-refractivity contribution < 1.29 is 4.79 Å². The molecule has 22 heavy (non-hydrogen) atoms. The fourth-order valence-corrected chi connectivity index (χ4v) is 4.23. The van der Waals surface area contributed by atoms with E-state index < -0.39 is 0 Å². The second-order valence-corrected chi connectivity index (χ2v) is 7.27. The average molecular weight is 313 g/mol. The molecule has 0 saturated carbocycles. The van der Waals surface area contributed by atoms with E-state index in [2.05, 4.69) is 15.3 Å². The van der Waals surface area contributed by atoms with Gasteiger partial charge in [-0.1, -0.05) is 18.2 Å². The quantitative estimate of drug-likeness (QED) is 0.874. The molecule has 2 aromatic rings. The highest BCUT2D eigenvalue weighted by Gasteiger charge is 2.46. The first-order valence-corrected chi connectivity index (χ1v) is 8.58. The van der Waals surface area contributed by atoms with Crippen LogP contribution in [0.4, 0.5) is 5.69 Å². The van der Waals surface area contributed by atoms with Gasteiger partial charge in [-0.15, -0.1) is 11.3 Å². The van der Waals surface area contributed by atoms with Crippen molar-refractivity contribution in [1.82, 2.24) is 9.88 Å². The third kappa shape index (κ3) is 2.44. The first-order chi connectivity index (χ1) is 10.7. The predicted octanol–water partition coefficient (Wildman–Crippen LogP) is 2.55. The lowest BCUT2D eigenvalue weighted by atomic mass is 10.0. The number of likely N-dealkylation sites (tertiary alicyclic amines) is 1. The van der Waals surface area contributed by atoms with Crippen molar-refractivity contribution in [1.29, 1.82) is 0 Å². The smallest absolute Gasteiger partial charge is 0.231 e. The van der Waals surface area contributed by atoms with Crippen molar-refractivity contribution in [3.05, 3.63) is 46.4 Å². The molecule has 4 rings (SSSR count). The van der Waals surface area contributed by atoms with Crippen LogP contribution in [-0.4, -0.2) is 35.4 Å². The normalized spacial score (nSPS) is 25.0. The van der Waals surface area contributed by atoms with E-state index in [0.717, 1.165) is 42.6 Å². The fourth-order valence-electron chi connectivity index (χ4n) is 3.63. The minimum absolute atomic E-state index is 0.153. The van der Waals surface area contributed by atoms with Crippen LogP contribution in [0, 0.1) is 18.8 Å².